The van der Waals surface area contributed by atoms with Gasteiger partial charge in [-0.2, -0.15) is 0 Å². The minimum Gasteiger partial charge on any atom is -0.393 e. The van der Waals surface area contributed by atoms with Gasteiger partial charge in [0, 0.05) is 11.8 Å². The lowest BCUT2D eigenvalue weighted by Gasteiger charge is -2.58. The molecule has 0 spiro atoms. The highest BCUT2D eigenvalue weighted by Crippen LogP contribution is 2.65. The number of halogens is 1. The van der Waals surface area contributed by atoms with Crippen LogP contribution in [0.5, 0.6) is 0 Å². The summed E-state index contributed by atoms with van der Waals surface area (Å²) in [5.41, 5.74) is 0.835. The first-order valence-corrected chi connectivity index (χ1v) is 9.07. The third-order valence-electron chi connectivity index (χ3n) is 8.07. The molecule has 124 valence electrons. The minimum absolute atomic E-state index is 0.0445. The van der Waals surface area contributed by atoms with Crippen LogP contribution in [-0.2, 0) is 0 Å². The van der Waals surface area contributed by atoms with E-state index >= 15 is 0 Å². The van der Waals surface area contributed by atoms with E-state index in [1.54, 1.807) is 0 Å². The maximum absolute atomic E-state index is 15.0. The Morgan fingerprint density at radius 3 is 2.68 bits per heavy atom. The van der Waals surface area contributed by atoms with Gasteiger partial charge in [-0.15, -0.1) is 0 Å². The Kier molecular flexibility index (Phi) is 3.30. The summed E-state index contributed by atoms with van der Waals surface area (Å²) in [6.45, 7) is 4.37. The molecular weight excluding hydrogens is 279 g/mol. The van der Waals surface area contributed by atoms with Gasteiger partial charge in [-0.1, -0.05) is 25.5 Å². The predicted octanol–water partition coefficient (Wildman–Crippen LogP) is 3.62. The summed E-state index contributed by atoms with van der Waals surface area (Å²) >= 11 is 0. The smallest absolute Gasteiger partial charge is 0.112 e. The zero-order valence-electron chi connectivity index (χ0n) is 13.8. The van der Waals surface area contributed by atoms with E-state index in [9.17, 15) is 14.6 Å². The third kappa shape index (κ3) is 1.78. The van der Waals surface area contributed by atoms with Crippen molar-refractivity contribution in [3.05, 3.63) is 11.6 Å². The molecule has 1 unspecified atom stereocenters. The Morgan fingerprint density at radius 1 is 1.14 bits per heavy atom. The topological polar surface area (TPSA) is 40.5 Å². The Labute approximate surface area is 132 Å². The zero-order valence-corrected chi connectivity index (χ0v) is 13.8. The number of hydrogen-bond acceptors (Lipinski definition) is 2. The van der Waals surface area contributed by atoms with Crippen molar-refractivity contribution < 1.29 is 14.6 Å². The molecule has 0 bridgehead atoms. The fourth-order valence-electron chi connectivity index (χ4n) is 6.63. The van der Waals surface area contributed by atoms with E-state index in [-0.39, 0.29) is 16.9 Å². The van der Waals surface area contributed by atoms with Crippen LogP contribution in [0.4, 0.5) is 4.39 Å². The number of hydrogen-bond donors (Lipinski definition) is 2. The molecule has 22 heavy (non-hydrogen) atoms. The molecule has 0 aliphatic heterocycles. The molecule has 3 fully saturated rings. The molecule has 3 heteroatoms. The van der Waals surface area contributed by atoms with E-state index in [1.165, 1.54) is 5.57 Å². The Balaban J connectivity index is 1.71. The van der Waals surface area contributed by atoms with Crippen LogP contribution in [-0.4, -0.2) is 28.6 Å². The van der Waals surface area contributed by atoms with Crippen molar-refractivity contribution in [3.8, 4) is 0 Å². The summed E-state index contributed by atoms with van der Waals surface area (Å²) in [5.74, 6) is 1.44. The average Bonchev–Trinajstić information content (AvgIpc) is 2.77. The van der Waals surface area contributed by atoms with Gasteiger partial charge in [0.1, 0.15) is 6.17 Å². The molecule has 4 rings (SSSR count). The molecule has 0 aromatic carbocycles. The number of aliphatic hydroxyl groups is 2. The van der Waals surface area contributed by atoms with Crippen molar-refractivity contribution in [1.82, 2.24) is 0 Å². The van der Waals surface area contributed by atoms with E-state index in [4.69, 9.17) is 0 Å². The molecule has 3 saturated carbocycles. The van der Waals surface area contributed by atoms with Gasteiger partial charge in [-0.05, 0) is 61.7 Å². The molecular formula is C19H29FO2. The fraction of sp³-hybridized carbons (Fsp3) is 0.895. The molecule has 4 aliphatic rings. The van der Waals surface area contributed by atoms with Crippen molar-refractivity contribution in [3.63, 3.8) is 0 Å². The summed E-state index contributed by atoms with van der Waals surface area (Å²) < 4.78 is 15.0. The largest absolute Gasteiger partial charge is 0.393 e. The maximum Gasteiger partial charge on any atom is 0.112 e. The first-order chi connectivity index (χ1) is 10.4. The Morgan fingerprint density at radius 2 is 1.91 bits per heavy atom. The summed E-state index contributed by atoms with van der Waals surface area (Å²) in [5, 5.41) is 20.4. The van der Waals surface area contributed by atoms with Gasteiger partial charge < -0.3 is 10.2 Å². The van der Waals surface area contributed by atoms with E-state index in [1.807, 2.05) is 0 Å². The first-order valence-electron chi connectivity index (χ1n) is 9.07. The standard InChI is InChI=1S/C19H29FO2/c1-18-8-7-15-13(14(18)5-6-17(18)22)4-3-11-9-12(21)10-16(20)19(11,15)2/h3,12-17,21-22H,4-10H2,1-2H3/t12-,13+,14+,15+,16?,17+,18+,19+/m1/s1. The van der Waals surface area contributed by atoms with Crippen molar-refractivity contribution >= 4 is 0 Å². The van der Waals surface area contributed by atoms with Crippen molar-refractivity contribution in [1.29, 1.82) is 0 Å². The molecule has 4 aliphatic carbocycles. The average molecular weight is 308 g/mol. The molecule has 0 heterocycles. The second-order valence-electron chi connectivity index (χ2n) is 8.82. The van der Waals surface area contributed by atoms with Crippen LogP contribution in [0.1, 0.15) is 58.8 Å². The van der Waals surface area contributed by atoms with Gasteiger partial charge in [-0.3, -0.25) is 0 Å². The lowest BCUT2D eigenvalue weighted by Crippen LogP contribution is -2.54. The van der Waals surface area contributed by atoms with E-state index in [0.29, 0.717) is 30.6 Å². The second-order valence-corrected chi connectivity index (χ2v) is 8.82. The molecule has 0 amide bonds. The summed E-state index contributed by atoms with van der Waals surface area (Å²) in [7, 11) is 0. The van der Waals surface area contributed by atoms with Gasteiger partial charge in [0.2, 0.25) is 0 Å². The van der Waals surface area contributed by atoms with E-state index < -0.39 is 12.3 Å². The van der Waals surface area contributed by atoms with Crippen LogP contribution < -0.4 is 0 Å². The van der Waals surface area contributed by atoms with Crippen molar-refractivity contribution in [2.45, 2.75) is 77.2 Å². The summed E-state index contributed by atoms with van der Waals surface area (Å²) in [4.78, 5) is 0. The van der Waals surface area contributed by atoms with Crippen LogP contribution in [0.15, 0.2) is 11.6 Å². The SMILES string of the molecule is C[C@]12CC[C@H]3[C@@H](CC=C4C[C@@H](O)CC(F)[C@@]43C)[C@@H]1CC[C@@H]2O. The van der Waals surface area contributed by atoms with E-state index in [0.717, 1.165) is 32.1 Å². The van der Waals surface area contributed by atoms with Gasteiger partial charge in [-0.25, -0.2) is 4.39 Å². The highest BCUT2D eigenvalue weighted by Gasteiger charge is 2.60. The highest BCUT2D eigenvalue weighted by molar-refractivity contribution is 5.27. The Hall–Kier alpha value is -0.410. The Bertz CT molecular complexity index is 504. The molecule has 0 saturated heterocycles. The molecule has 8 atom stereocenters. The fourth-order valence-corrected chi connectivity index (χ4v) is 6.63. The molecule has 0 radical (unpaired) electrons. The van der Waals surface area contributed by atoms with E-state index in [2.05, 4.69) is 19.9 Å². The van der Waals surface area contributed by atoms with Gasteiger partial charge in [0.25, 0.3) is 0 Å². The lowest BCUT2D eigenvalue weighted by molar-refractivity contribution is -0.0937. The van der Waals surface area contributed by atoms with Gasteiger partial charge >= 0.3 is 0 Å². The van der Waals surface area contributed by atoms with Crippen LogP contribution in [0.3, 0.4) is 0 Å². The number of allylic oxidation sites excluding steroid dienone is 1. The maximum atomic E-state index is 15.0. The number of rotatable bonds is 0. The first kappa shape index (κ1) is 15.1. The number of fused-ring (bicyclic) bond motifs is 5. The molecule has 0 aromatic heterocycles. The minimum atomic E-state index is -0.925. The third-order valence-corrected chi connectivity index (χ3v) is 8.07. The monoisotopic (exact) mass is 308 g/mol. The normalized spacial score (nSPS) is 57.6. The quantitative estimate of drug-likeness (QED) is 0.671. The van der Waals surface area contributed by atoms with Crippen LogP contribution >= 0.6 is 0 Å². The lowest BCUT2D eigenvalue weighted by atomic mass is 9.47. The highest BCUT2D eigenvalue weighted by atomic mass is 19.1. The van der Waals surface area contributed by atoms with Crippen LogP contribution in [0.25, 0.3) is 0 Å². The summed E-state index contributed by atoms with van der Waals surface area (Å²) in [6.07, 6.45) is 6.66. The van der Waals surface area contributed by atoms with Crippen molar-refractivity contribution in [2.75, 3.05) is 0 Å². The van der Waals surface area contributed by atoms with Gasteiger partial charge in [0.15, 0.2) is 0 Å². The zero-order chi connectivity index (χ0) is 15.7. The van der Waals surface area contributed by atoms with Crippen LogP contribution in [0.2, 0.25) is 0 Å². The number of aliphatic hydroxyl groups excluding tert-OH is 2. The summed E-state index contributed by atoms with van der Waals surface area (Å²) in [6, 6.07) is 0. The molecule has 2 N–H and O–H groups in total. The predicted molar refractivity (Wildman–Crippen MR) is 84.0 cm³/mol. The number of alkyl halides is 1. The second kappa shape index (κ2) is 4.80. The van der Waals surface area contributed by atoms with Crippen molar-refractivity contribution in [2.24, 2.45) is 28.6 Å². The molecule has 2 nitrogen and oxygen atoms in total. The van der Waals surface area contributed by atoms with Gasteiger partial charge in [0.05, 0.1) is 12.2 Å². The van der Waals surface area contributed by atoms with Crippen LogP contribution in [0, 0.1) is 28.6 Å². The molecule has 0 aromatic rings.